The van der Waals surface area contributed by atoms with Gasteiger partial charge < -0.3 is 15.5 Å². The zero-order chi connectivity index (χ0) is 16.8. The first kappa shape index (κ1) is 16.3. The van der Waals surface area contributed by atoms with Crippen LogP contribution < -0.4 is 15.5 Å². The molecule has 1 aliphatic heterocycles. The monoisotopic (exact) mass is 328 g/mol. The topological polar surface area (TPSA) is 75.1 Å². The SMILES string of the molecule is C[C@H](Cn1cccn1)NC(=O)NCc1ccnc(N2CCCC2)c1. The molecule has 1 atom stereocenters. The van der Waals surface area contributed by atoms with Crippen molar-refractivity contribution >= 4 is 11.8 Å². The molecule has 1 fully saturated rings. The average Bonchev–Trinajstić information content (AvgIpc) is 3.26. The summed E-state index contributed by atoms with van der Waals surface area (Å²) in [4.78, 5) is 18.7. The van der Waals surface area contributed by atoms with E-state index in [9.17, 15) is 4.79 Å². The largest absolute Gasteiger partial charge is 0.357 e. The van der Waals surface area contributed by atoms with Gasteiger partial charge in [-0.25, -0.2) is 9.78 Å². The highest BCUT2D eigenvalue weighted by Crippen LogP contribution is 2.18. The number of rotatable bonds is 6. The fraction of sp³-hybridized carbons (Fsp3) is 0.471. The van der Waals surface area contributed by atoms with Crippen LogP contribution in [0.1, 0.15) is 25.3 Å². The van der Waals surface area contributed by atoms with Crippen LogP contribution in [0.5, 0.6) is 0 Å². The summed E-state index contributed by atoms with van der Waals surface area (Å²) in [6.45, 7) is 5.22. The maximum atomic E-state index is 12.0. The van der Waals surface area contributed by atoms with E-state index in [0.29, 0.717) is 13.1 Å². The Morgan fingerprint density at radius 2 is 2.17 bits per heavy atom. The van der Waals surface area contributed by atoms with E-state index in [-0.39, 0.29) is 12.1 Å². The molecule has 2 aromatic rings. The summed E-state index contributed by atoms with van der Waals surface area (Å²) in [6.07, 6.45) is 7.87. The van der Waals surface area contributed by atoms with Gasteiger partial charge in [-0.05, 0) is 43.5 Å². The first-order valence-corrected chi connectivity index (χ1v) is 8.42. The molecule has 0 aliphatic carbocycles. The molecule has 2 aromatic heterocycles. The molecule has 0 radical (unpaired) electrons. The number of aromatic nitrogens is 3. The van der Waals surface area contributed by atoms with E-state index in [2.05, 4.69) is 31.7 Å². The summed E-state index contributed by atoms with van der Waals surface area (Å²) in [5, 5.41) is 9.96. The molecule has 2 amide bonds. The quantitative estimate of drug-likeness (QED) is 0.847. The Labute approximate surface area is 142 Å². The Morgan fingerprint density at radius 3 is 2.92 bits per heavy atom. The highest BCUT2D eigenvalue weighted by Gasteiger charge is 2.14. The third kappa shape index (κ3) is 4.47. The molecular weight excluding hydrogens is 304 g/mol. The Bertz CT molecular complexity index is 651. The number of nitrogens with zero attached hydrogens (tertiary/aromatic N) is 4. The molecule has 0 spiro atoms. The second-order valence-corrected chi connectivity index (χ2v) is 6.17. The summed E-state index contributed by atoms with van der Waals surface area (Å²) in [7, 11) is 0. The average molecular weight is 328 g/mol. The van der Waals surface area contributed by atoms with Crippen LogP contribution in [0.2, 0.25) is 0 Å². The van der Waals surface area contributed by atoms with Crippen LogP contribution in [0, 0.1) is 0 Å². The summed E-state index contributed by atoms with van der Waals surface area (Å²) in [6, 6.07) is 5.69. The molecule has 0 bridgehead atoms. The Morgan fingerprint density at radius 1 is 1.33 bits per heavy atom. The lowest BCUT2D eigenvalue weighted by Gasteiger charge is -2.17. The Kier molecular flexibility index (Phi) is 5.30. The fourth-order valence-corrected chi connectivity index (χ4v) is 2.88. The van der Waals surface area contributed by atoms with Crippen molar-refractivity contribution in [3.05, 3.63) is 42.4 Å². The van der Waals surface area contributed by atoms with E-state index in [0.717, 1.165) is 24.5 Å². The predicted octanol–water partition coefficient (Wildman–Crippen LogP) is 1.77. The van der Waals surface area contributed by atoms with Crippen molar-refractivity contribution < 1.29 is 4.79 Å². The van der Waals surface area contributed by atoms with Crippen LogP contribution in [0.25, 0.3) is 0 Å². The molecule has 1 aliphatic rings. The zero-order valence-corrected chi connectivity index (χ0v) is 14.0. The van der Waals surface area contributed by atoms with Crippen molar-refractivity contribution in [1.82, 2.24) is 25.4 Å². The van der Waals surface area contributed by atoms with Gasteiger partial charge in [0.25, 0.3) is 0 Å². The number of carbonyl (C=O) groups excluding carboxylic acids is 1. The molecule has 3 rings (SSSR count). The second kappa shape index (κ2) is 7.81. The maximum Gasteiger partial charge on any atom is 0.315 e. The normalized spacial score (nSPS) is 15.3. The number of anilines is 1. The minimum absolute atomic E-state index is 0.00232. The molecule has 7 heteroatoms. The van der Waals surface area contributed by atoms with Crippen molar-refractivity contribution in [3.63, 3.8) is 0 Å². The predicted molar refractivity (Wildman–Crippen MR) is 92.7 cm³/mol. The molecule has 24 heavy (non-hydrogen) atoms. The Hall–Kier alpha value is -2.57. The minimum atomic E-state index is -0.172. The summed E-state index contributed by atoms with van der Waals surface area (Å²) < 4.78 is 1.80. The maximum absolute atomic E-state index is 12.0. The van der Waals surface area contributed by atoms with E-state index in [1.807, 2.05) is 31.5 Å². The second-order valence-electron chi connectivity index (χ2n) is 6.17. The van der Waals surface area contributed by atoms with Gasteiger partial charge in [0.1, 0.15) is 5.82 Å². The molecule has 2 N–H and O–H groups in total. The number of urea groups is 1. The van der Waals surface area contributed by atoms with Crippen LogP contribution in [-0.2, 0) is 13.1 Å². The zero-order valence-electron chi connectivity index (χ0n) is 14.0. The van der Waals surface area contributed by atoms with Gasteiger partial charge in [0.2, 0.25) is 0 Å². The third-order valence-electron chi connectivity index (χ3n) is 4.09. The van der Waals surface area contributed by atoms with E-state index in [4.69, 9.17) is 0 Å². The lowest BCUT2D eigenvalue weighted by molar-refractivity contribution is 0.235. The highest BCUT2D eigenvalue weighted by molar-refractivity contribution is 5.74. The number of nitrogens with one attached hydrogen (secondary N) is 2. The highest BCUT2D eigenvalue weighted by atomic mass is 16.2. The summed E-state index contributed by atoms with van der Waals surface area (Å²) in [5.74, 6) is 0.999. The minimum Gasteiger partial charge on any atom is -0.357 e. The smallest absolute Gasteiger partial charge is 0.315 e. The summed E-state index contributed by atoms with van der Waals surface area (Å²) in [5.41, 5.74) is 1.06. The van der Waals surface area contributed by atoms with Crippen LogP contribution in [0.15, 0.2) is 36.8 Å². The third-order valence-corrected chi connectivity index (χ3v) is 4.09. The van der Waals surface area contributed by atoms with Gasteiger partial charge in [-0.15, -0.1) is 0 Å². The lowest BCUT2D eigenvalue weighted by atomic mass is 10.2. The summed E-state index contributed by atoms with van der Waals surface area (Å²) >= 11 is 0. The number of pyridine rings is 1. The van der Waals surface area contributed by atoms with Crippen LogP contribution in [0.4, 0.5) is 10.6 Å². The standard InChI is InChI=1S/C17H24N6O/c1-14(13-23-10-4-6-20-23)21-17(24)19-12-15-5-7-18-16(11-15)22-8-2-3-9-22/h4-7,10-11,14H,2-3,8-9,12-13H2,1H3,(H2,19,21,24)/t14-/m1/s1. The number of amides is 2. The van der Waals surface area contributed by atoms with E-state index in [1.165, 1.54) is 12.8 Å². The van der Waals surface area contributed by atoms with Crippen molar-refractivity contribution in [2.45, 2.75) is 38.9 Å². The van der Waals surface area contributed by atoms with E-state index >= 15 is 0 Å². The molecular formula is C17H24N6O. The molecule has 0 aromatic carbocycles. The van der Waals surface area contributed by atoms with Crippen LogP contribution in [-0.4, -0.2) is 39.9 Å². The van der Waals surface area contributed by atoms with Crippen molar-refractivity contribution in [2.75, 3.05) is 18.0 Å². The molecule has 0 unspecified atom stereocenters. The number of hydrogen-bond acceptors (Lipinski definition) is 4. The molecule has 128 valence electrons. The van der Waals surface area contributed by atoms with Crippen molar-refractivity contribution in [3.8, 4) is 0 Å². The van der Waals surface area contributed by atoms with Gasteiger partial charge in [0, 0.05) is 44.3 Å². The first-order chi connectivity index (χ1) is 11.7. The van der Waals surface area contributed by atoms with Gasteiger partial charge >= 0.3 is 6.03 Å². The lowest BCUT2D eigenvalue weighted by Crippen LogP contribution is -2.42. The van der Waals surface area contributed by atoms with Crippen LogP contribution in [0.3, 0.4) is 0 Å². The van der Waals surface area contributed by atoms with Gasteiger partial charge in [-0.3, -0.25) is 4.68 Å². The first-order valence-electron chi connectivity index (χ1n) is 8.42. The van der Waals surface area contributed by atoms with Crippen LogP contribution >= 0.6 is 0 Å². The van der Waals surface area contributed by atoms with Crippen molar-refractivity contribution in [1.29, 1.82) is 0 Å². The van der Waals surface area contributed by atoms with Gasteiger partial charge in [0.15, 0.2) is 0 Å². The van der Waals surface area contributed by atoms with Crippen molar-refractivity contribution in [2.24, 2.45) is 0 Å². The molecule has 3 heterocycles. The number of hydrogen-bond donors (Lipinski definition) is 2. The van der Waals surface area contributed by atoms with E-state index < -0.39 is 0 Å². The Balaban J connectivity index is 1.46. The number of carbonyl (C=O) groups is 1. The van der Waals surface area contributed by atoms with Gasteiger partial charge in [-0.1, -0.05) is 0 Å². The van der Waals surface area contributed by atoms with E-state index in [1.54, 1.807) is 10.9 Å². The molecule has 0 saturated carbocycles. The fourth-order valence-electron chi connectivity index (χ4n) is 2.88. The molecule has 7 nitrogen and oxygen atoms in total. The molecule has 1 saturated heterocycles. The van der Waals surface area contributed by atoms with Gasteiger partial charge in [0.05, 0.1) is 6.54 Å². The van der Waals surface area contributed by atoms with Gasteiger partial charge in [-0.2, -0.15) is 5.10 Å².